The first-order valence-corrected chi connectivity index (χ1v) is 6.91. The molecule has 3 aromatic rings. The number of aromatic nitrogens is 1. The summed E-state index contributed by atoms with van der Waals surface area (Å²) < 4.78 is 1.39. The molecule has 0 radical (unpaired) electrons. The van der Waals surface area contributed by atoms with Crippen molar-refractivity contribution >= 4 is 22.4 Å². The van der Waals surface area contributed by atoms with E-state index < -0.39 is 11.3 Å². The van der Waals surface area contributed by atoms with E-state index in [0.717, 1.165) is 0 Å². The lowest BCUT2D eigenvalue weighted by Gasteiger charge is -2.12. The van der Waals surface area contributed by atoms with Gasteiger partial charge in [-0.2, -0.15) is 0 Å². The van der Waals surface area contributed by atoms with Crippen molar-refractivity contribution < 1.29 is 4.79 Å². The fourth-order valence-electron chi connectivity index (χ4n) is 2.57. The zero-order chi connectivity index (χ0) is 16.4. The SMILES string of the molecule is Cn1c(=O)c(C(=O)c2ccccc2)c(N=[N+]=[N-])c2ccccc21. The zero-order valence-electron chi connectivity index (χ0n) is 12.3. The molecule has 0 aliphatic rings. The molecule has 0 N–H and O–H groups in total. The molecular formula is C17H12N4O2. The molecule has 3 rings (SSSR count). The molecule has 1 heterocycles. The van der Waals surface area contributed by atoms with Gasteiger partial charge in [-0.05, 0) is 11.6 Å². The number of benzene rings is 2. The van der Waals surface area contributed by atoms with Crippen molar-refractivity contribution in [1.29, 1.82) is 0 Å². The minimum atomic E-state index is -0.486. The molecule has 0 aliphatic heterocycles. The average molecular weight is 304 g/mol. The van der Waals surface area contributed by atoms with Gasteiger partial charge < -0.3 is 4.57 Å². The lowest BCUT2D eigenvalue weighted by atomic mass is 10.0. The van der Waals surface area contributed by atoms with Gasteiger partial charge in [0.05, 0.1) is 16.8 Å². The van der Waals surface area contributed by atoms with Gasteiger partial charge in [0, 0.05) is 22.9 Å². The summed E-state index contributed by atoms with van der Waals surface area (Å²) in [6.07, 6.45) is 0. The minimum Gasteiger partial charge on any atom is -0.311 e. The van der Waals surface area contributed by atoms with Crippen LogP contribution in [0.4, 0.5) is 5.69 Å². The van der Waals surface area contributed by atoms with Crippen molar-refractivity contribution in [3.8, 4) is 0 Å². The first kappa shape index (κ1) is 14.6. The molecule has 112 valence electrons. The zero-order valence-corrected chi connectivity index (χ0v) is 12.3. The largest absolute Gasteiger partial charge is 0.311 e. The highest BCUT2D eigenvalue weighted by atomic mass is 16.1. The molecule has 0 saturated heterocycles. The lowest BCUT2D eigenvalue weighted by molar-refractivity contribution is 0.103. The molecule has 0 atom stereocenters. The second-order valence-electron chi connectivity index (χ2n) is 4.99. The molecule has 0 amide bonds. The average Bonchev–Trinajstić information content (AvgIpc) is 2.60. The monoisotopic (exact) mass is 304 g/mol. The van der Waals surface area contributed by atoms with Gasteiger partial charge in [0.15, 0.2) is 5.78 Å². The van der Waals surface area contributed by atoms with E-state index in [1.807, 2.05) is 0 Å². The second-order valence-corrected chi connectivity index (χ2v) is 4.99. The predicted octanol–water partition coefficient (Wildman–Crippen LogP) is 3.71. The Kier molecular flexibility index (Phi) is 3.66. The van der Waals surface area contributed by atoms with Crippen LogP contribution in [0.25, 0.3) is 21.3 Å². The lowest BCUT2D eigenvalue weighted by Crippen LogP contribution is -2.25. The smallest absolute Gasteiger partial charge is 0.262 e. The van der Waals surface area contributed by atoms with Crippen LogP contribution in [0.1, 0.15) is 15.9 Å². The van der Waals surface area contributed by atoms with Gasteiger partial charge in [-0.25, -0.2) is 0 Å². The van der Waals surface area contributed by atoms with Crippen LogP contribution in [0.2, 0.25) is 0 Å². The summed E-state index contributed by atoms with van der Waals surface area (Å²) in [5.74, 6) is -0.459. The summed E-state index contributed by atoms with van der Waals surface area (Å²) in [4.78, 5) is 28.2. The Morgan fingerprint density at radius 1 is 1.09 bits per heavy atom. The molecule has 6 nitrogen and oxygen atoms in total. The van der Waals surface area contributed by atoms with E-state index in [2.05, 4.69) is 10.0 Å². The maximum Gasteiger partial charge on any atom is 0.262 e. The van der Waals surface area contributed by atoms with E-state index in [0.29, 0.717) is 16.5 Å². The van der Waals surface area contributed by atoms with Gasteiger partial charge >= 0.3 is 0 Å². The molecule has 0 aliphatic carbocycles. The van der Waals surface area contributed by atoms with E-state index in [4.69, 9.17) is 5.53 Å². The molecule has 0 spiro atoms. The van der Waals surface area contributed by atoms with Crippen LogP contribution in [0, 0.1) is 0 Å². The number of hydrogen-bond acceptors (Lipinski definition) is 3. The van der Waals surface area contributed by atoms with Crippen molar-refractivity contribution in [2.45, 2.75) is 0 Å². The maximum atomic E-state index is 12.8. The number of pyridine rings is 1. The molecule has 0 bridgehead atoms. The van der Waals surface area contributed by atoms with Crippen LogP contribution in [0.15, 0.2) is 64.5 Å². The quantitative estimate of drug-likeness (QED) is 0.319. The number of rotatable bonds is 3. The number of fused-ring (bicyclic) bond motifs is 1. The normalized spacial score (nSPS) is 10.3. The third-order valence-electron chi connectivity index (χ3n) is 3.68. The van der Waals surface area contributed by atoms with Crippen LogP contribution < -0.4 is 5.56 Å². The van der Waals surface area contributed by atoms with E-state index >= 15 is 0 Å². The summed E-state index contributed by atoms with van der Waals surface area (Å²) in [6, 6.07) is 15.5. The van der Waals surface area contributed by atoms with Gasteiger partial charge in [-0.1, -0.05) is 53.6 Å². The number of ketones is 1. The number of azide groups is 1. The fraction of sp³-hybridized carbons (Fsp3) is 0.0588. The third kappa shape index (κ3) is 2.37. The number of nitrogens with zero attached hydrogens (tertiary/aromatic N) is 4. The Morgan fingerprint density at radius 3 is 2.43 bits per heavy atom. The molecule has 23 heavy (non-hydrogen) atoms. The van der Waals surface area contributed by atoms with Crippen LogP contribution in [0.3, 0.4) is 0 Å². The van der Waals surface area contributed by atoms with Crippen molar-refractivity contribution in [2.75, 3.05) is 0 Å². The highest BCUT2D eigenvalue weighted by Crippen LogP contribution is 2.29. The molecule has 0 fully saturated rings. The van der Waals surface area contributed by atoms with Crippen molar-refractivity contribution in [1.82, 2.24) is 4.57 Å². The topological polar surface area (TPSA) is 87.8 Å². The predicted molar refractivity (Wildman–Crippen MR) is 87.9 cm³/mol. The summed E-state index contributed by atoms with van der Waals surface area (Å²) in [7, 11) is 1.59. The molecule has 6 heteroatoms. The van der Waals surface area contributed by atoms with E-state index in [9.17, 15) is 9.59 Å². The van der Waals surface area contributed by atoms with Crippen LogP contribution in [-0.2, 0) is 7.05 Å². The number of aryl methyl sites for hydroxylation is 1. The van der Waals surface area contributed by atoms with E-state index in [-0.39, 0.29) is 11.3 Å². The van der Waals surface area contributed by atoms with E-state index in [1.54, 1.807) is 61.6 Å². The number of carbonyl (C=O) groups is 1. The highest BCUT2D eigenvalue weighted by Gasteiger charge is 2.21. The molecule has 0 saturated carbocycles. The fourth-order valence-corrected chi connectivity index (χ4v) is 2.57. The van der Waals surface area contributed by atoms with Crippen LogP contribution >= 0.6 is 0 Å². The Labute approximate surface area is 131 Å². The van der Waals surface area contributed by atoms with Gasteiger partial charge in [-0.3, -0.25) is 9.59 Å². The number of para-hydroxylation sites is 1. The minimum absolute atomic E-state index is 0.0695. The first-order valence-electron chi connectivity index (χ1n) is 6.91. The van der Waals surface area contributed by atoms with Gasteiger partial charge in [-0.15, -0.1) is 0 Å². The summed E-state index contributed by atoms with van der Waals surface area (Å²) >= 11 is 0. The molecule has 1 aromatic heterocycles. The standard InChI is InChI=1S/C17H12N4O2/c1-21-13-10-6-5-9-12(13)15(19-20-18)14(17(21)23)16(22)11-7-3-2-4-8-11/h2-10H,1H3. The van der Waals surface area contributed by atoms with E-state index in [1.165, 1.54) is 4.57 Å². The number of hydrogen-bond donors (Lipinski definition) is 0. The first-order chi connectivity index (χ1) is 11.1. The molecular weight excluding hydrogens is 292 g/mol. The van der Waals surface area contributed by atoms with Gasteiger partial charge in [0.25, 0.3) is 5.56 Å². The summed E-state index contributed by atoms with van der Waals surface area (Å²) in [5.41, 5.74) is 9.29. The Balaban J connectivity index is 2.43. The second kappa shape index (κ2) is 5.79. The van der Waals surface area contributed by atoms with Crippen molar-refractivity contribution in [2.24, 2.45) is 12.2 Å². The van der Waals surface area contributed by atoms with Gasteiger partial charge in [0.1, 0.15) is 0 Å². The molecule has 0 unspecified atom stereocenters. The number of carbonyl (C=O) groups excluding carboxylic acids is 1. The Morgan fingerprint density at radius 2 is 1.74 bits per heavy atom. The summed E-state index contributed by atoms with van der Waals surface area (Å²) in [6.45, 7) is 0. The molecule has 2 aromatic carbocycles. The van der Waals surface area contributed by atoms with Crippen molar-refractivity contribution in [3.05, 3.63) is 86.5 Å². The van der Waals surface area contributed by atoms with Crippen molar-refractivity contribution in [3.63, 3.8) is 0 Å². The maximum absolute atomic E-state index is 12.8. The highest BCUT2D eigenvalue weighted by molar-refractivity contribution is 6.15. The summed E-state index contributed by atoms with van der Waals surface area (Å²) in [5, 5.41) is 4.19. The van der Waals surface area contributed by atoms with Crippen LogP contribution in [-0.4, -0.2) is 10.4 Å². The Hall–Kier alpha value is -3.37. The Bertz CT molecular complexity index is 1020. The van der Waals surface area contributed by atoms with Gasteiger partial charge in [0.2, 0.25) is 0 Å². The van der Waals surface area contributed by atoms with Crippen LogP contribution in [0.5, 0.6) is 0 Å². The third-order valence-corrected chi connectivity index (χ3v) is 3.68.